The molecule has 0 aromatic heterocycles. The summed E-state index contributed by atoms with van der Waals surface area (Å²) < 4.78 is 26.5. The molecule has 0 saturated heterocycles. The van der Waals surface area contributed by atoms with Gasteiger partial charge in [-0.25, -0.2) is 8.42 Å². The van der Waals surface area contributed by atoms with Crippen LogP contribution >= 0.6 is 0 Å². The highest BCUT2D eigenvalue weighted by molar-refractivity contribution is 7.89. The fourth-order valence-corrected chi connectivity index (χ4v) is 4.91. The van der Waals surface area contributed by atoms with E-state index in [-0.39, 0.29) is 16.5 Å². The molecule has 0 unspecified atom stereocenters. The van der Waals surface area contributed by atoms with Gasteiger partial charge in [-0.15, -0.1) is 0 Å². The average molecular weight is 429 g/mol. The SMILES string of the molecule is CCN(CC)S(=O)(=O)c1ccc(/C=C/C(=O)N2CCc3cc([N+](=O)[O-])ccc32)cc1. The van der Waals surface area contributed by atoms with E-state index in [1.807, 2.05) is 0 Å². The molecule has 0 N–H and O–H groups in total. The van der Waals surface area contributed by atoms with Gasteiger partial charge in [-0.05, 0) is 41.8 Å². The normalized spacial score (nSPS) is 13.8. The summed E-state index contributed by atoms with van der Waals surface area (Å²) in [6.07, 6.45) is 3.61. The Kier molecular flexibility index (Phi) is 6.33. The van der Waals surface area contributed by atoms with Gasteiger partial charge in [0.2, 0.25) is 10.0 Å². The zero-order valence-corrected chi connectivity index (χ0v) is 17.6. The molecule has 0 bridgehead atoms. The van der Waals surface area contributed by atoms with E-state index in [0.29, 0.717) is 37.3 Å². The Morgan fingerprint density at radius 3 is 2.43 bits per heavy atom. The molecule has 0 atom stereocenters. The fourth-order valence-electron chi connectivity index (χ4n) is 3.45. The van der Waals surface area contributed by atoms with Crippen molar-refractivity contribution in [2.75, 3.05) is 24.5 Å². The highest BCUT2D eigenvalue weighted by Gasteiger charge is 2.25. The van der Waals surface area contributed by atoms with Gasteiger partial charge in [0.05, 0.1) is 9.82 Å². The lowest BCUT2D eigenvalue weighted by atomic mass is 10.1. The molecule has 1 heterocycles. The van der Waals surface area contributed by atoms with Crippen LogP contribution < -0.4 is 4.90 Å². The summed E-state index contributed by atoms with van der Waals surface area (Å²) in [7, 11) is -3.52. The van der Waals surface area contributed by atoms with Crippen molar-refractivity contribution < 1.29 is 18.1 Å². The zero-order chi connectivity index (χ0) is 21.9. The minimum absolute atomic E-state index is 0.0124. The van der Waals surface area contributed by atoms with Gasteiger partial charge in [-0.2, -0.15) is 4.31 Å². The highest BCUT2D eigenvalue weighted by atomic mass is 32.2. The van der Waals surface area contributed by atoms with Crippen LogP contribution in [0.3, 0.4) is 0 Å². The molecule has 158 valence electrons. The number of rotatable bonds is 7. The summed E-state index contributed by atoms with van der Waals surface area (Å²) in [5.74, 6) is -0.234. The Balaban J connectivity index is 1.73. The lowest BCUT2D eigenvalue weighted by Gasteiger charge is -2.18. The summed E-state index contributed by atoms with van der Waals surface area (Å²) in [5, 5.41) is 10.9. The molecule has 2 aromatic carbocycles. The van der Waals surface area contributed by atoms with Crippen molar-refractivity contribution in [3.63, 3.8) is 0 Å². The summed E-state index contributed by atoms with van der Waals surface area (Å²) in [6.45, 7) is 4.84. The second-order valence-corrected chi connectivity index (χ2v) is 8.74. The van der Waals surface area contributed by atoms with Gasteiger partial charge in [0.25, 0.3) is 11.6 Å². The van der Waals surface area contributed by atoms with Crippen molar-refractivity contribution in [2.24, 2.45) is 0 Å². The maximum Gasteiger partial charge on any atom is 0.269 e. The van der Waals surface area contributed by atoms with Crippen LogP contribution in [0.1, 0.15) is 25.0 Å². The molecule has 3 rings (SSSR count). The van der Waals surface area contributed by atoms with Crippen LogP contribution in [0.15, 0.2) is 53.4 Å². The molecule has 30 heavy (non-hydrogen) atoms. The van der Waals surface area contributed by atoms with E-state index in [1.54, 1.807) is 43.0 Å². The number of amides is 1. The summed E-state index contributed by atoms with van der Waals surface area (Å²) in [4.78, 5) is 24.8. The third-order valence-electron chi connectivity index (χ3n) is 5.08. The fraction of sp³-hybridized carbons (Fsp3) is 0.286. The summed E-state index contributed by atoms with van der Waals surface area (Å²) in [6, 6.07) is 10.9. The van der Waals surface area contributed by atoms with Gasteiger partial charge in [0.15, 0.2) is 0 Å². The molecule has 2 aromatic rings. The average Bonchev–Trinajstić information content (AvgIpc) is 3.16. The van der Waals surface area contributed by atoms with Crippen molar-refractivity contribution in [3.8, 4) is 0 Å². The van der Waals surface area contributed by atoms with E-state index < -0.39 is 14.9 Å². The number of carbonyl (C=O) groups is 1. The van der Waals surface area contributed by atoms with Gasteiger partial charge in [0, 0.05) is 43.5 Å². The number of hydrogen-bond donors (Lipinski definition) is 0. The van der Waals surface area contributed by atoms with E-state index in [0.717, 1.165) is 5.56 Å². The molecule has 1 amide bonds. The standard InChI is InChI=1S/C21H23N3O5S/c1-3-22(4-2)30(28,29)19-9-5-16(6-10-19)7-12-21(25)23-14-13-17-15-18(24(26)27)8-11-20(17)23/h5-12,15H,3-4,13-14H2,1-2H3/b12-7+. The lowest BCUT2D eigenvalue weighted by molar-refractivity contribution is -0.384. The molecule has 0 spiro atoms. The monoisotopic (exact) mass is 429 g/mol. The second-order valence-electron chi connectivity index (χ2n) is 6.80. The van der Waals surface area contributed by atoms with Crippen molar-refractivity contribution >= 4 is 33.4 Å². The Bertz CT molecular complexity index is 1090. The van der Waals surface area contributed by atoms with Crippen LogP contribution in [0.2, 0.25) is 0 Å². The molecule has 0 radical (unpaired) electrons. The number of benzene rings is 2. The number of non-ortho nitro benzene ring substituents is 1. The number of nitro benzene ring substituents is 1. The number of hydrogen-bond acceptors (Lipinski definition) is 5. The molecule has 0 aliphatic carbocycles. The first kappa shape index (κ1) is 21.7. The Morgan fingerprint density at radius 1 is 1.17 bits per heavy atom. The maximum atomic E-state index is 12.6. The Morgan fingerprint density at radius 2 is 1.83 bits per heavy atom. The molecule has 9 heteroatoms. The van der Waals surface area contributed by atoms with E-state index in [1.165, 1.54) is 34.6 Å². The number of carbonyl (C=O) groups excluding carboxylic acids is 1. The van der Waals surface area contributed by atoms with Crippen molar-refractivity contribution in [1.82, 2.24) is 4.31 Å². The minimum atomic E-state index is -3.52. The van der Waals surface area contributed by atoms with Crippen LogP contribution in [0.25, 0.3) is 6.08 Å². The minimum Gasteiger partial charge on any atom is -0.308 e. The lowest BCUT2D eigenvalue weighted by Crippen LogP contribution is -2.30. The third-order valence-corrected chi connectivity index (χ3v) is 7.14. The van der Waals surface area contributed by atoms with Crippen LogP contribution in [0.5, 0.6) is 0 Å². The molecule has 0 saturated carbocycles. The first-order chi connectivity index (χ1) is 14.3. The van der Waals surface area contributed by atoms with Gasteiger partial charge in [-0.3, -0.25) is 14.9 Å². The quantitative estimate of drug-likeness (QED) is 0.382. The molecule has 0 fully saturated rings. The van der Waals surface area contributed by atoms with Crippen LogP contribution in [-0.2, 0) is 21.2 Å². The van der Waals surface area contributed by atoms with Crippen molar-refractivity contribution in [1.29, 1.82) is 0 Å². The molecular formula is C21H23N3O5S. The molecular weight excluding hydrogens is 406 g/mol. The molecule has 1 aliphatic heterocycles. The molecule has 8 nitrogen and oxygen atoms in total. The summed E-state index contributed by atoms with van der Waals surface area (Å²) in [5.41, 5.74) is 2.16. The van der Waals surface area contributed by atoms with Gasteiger partial charge < -0.3 is 4.90 Å². The van der Waals surface area contributed by atoms with E-state index in [2.05, 4.69) is 0 Å². The van der Waals surface area contributed by atoms with Crippen molar-refractivity contribution in [2.45, 2.75) is 25.2 Å². The first-order valence-electron chi connectivity index (χ1n) is 9.65. The number of fused-ring (bicyclic) bond motifs is 1. The Hall–Kier alpha value is -3.04. The van der Waals surface area contributed by atoms with E-state index in [9.17, 15) is 23.3 Å². The Labute approximate surface area is 175 Å². The van der Waals surface area contributed by atoms with Gasteiger partial charge in [-0.1, -0.05) is 26.0 Å². The third kappa shape index (κ3) is 4.27. The maximum absolute atomic E-state index is 12.6. The van der Waals surface area contributed by atoms with E-state index >= 15 is 0 Å². The van der Waals surface area contributed by atoms with Crippen LogP contribution in [0, 0.1) is 10.1 Å². The van der Waals surface area contributed by atoms with E-state index in [4.69, 9.17) is 0 Å². The van der Waals surface area contributed by atoms with Crippen LogP contribution in [0.4, 0.5) is 11.4 Å². The predicted molar refractivity (Wildman–Crippen MR) is 115 cm³/mol. The van der Waals surface area contributed by atoms with Gasteiger partial charge in [0.1, 0.15) is 0 Å². The number of sulfonamides is 1. The van der Waals surface area contributed by atoms with Crippen molar-refractivity contribution in [3.05, 3.63) is 69.8 Å². The smallest absolute Gasteiger partial charge is 0.269 e. The summed E-state index contributed by atoms with van der Waals surface area (Å²) >= 11 is 0. The second kappa shape index (κ2) is 8.76. The number of nitrogens with zero attached hydrogens (tertiary/aromatic N) is 3. The zero-order valence-electron chi connectivity index (χ0n) is 16.8. The molecule has 1 aliphatic rings. The topological polar surface area (TPSA) is 101 Å². The number of nitro groups is 1. The van der Waals surface area contributed by atoms with Crippen LogP contribution in [-0.4, -0.2) is 43.2 Å². The number of anilines is 1. The largest absolute Gasteiger partial charge is 0.308 e. The van der Waals surface area contributed by atoms with Gasteiger partial charge >= 0.3 is 0 Å². The predicted octanol–water partition coefficient (Wildman–Crippen LogP) is 3.23. The highest BCUT2D eigenvalue weighted by Crippen LogP contribution is 2.31. The first-order valence-corrected chi connectivity index (χ1v) is 11.1.